The molecule has 0 radical (unpaired) electrons. The molecule has 2 N–H and O–H groups in total. The Morgan fingerprint density at radius 2 is 1.67 bits per heavy atom. The van der Waals surface area contributed by atoms with Gasteiger partial charge in [-0.1, -0.05) is 24.3 Å². The second-order valence-electron chi connectivity index (χ2n) is 5.27. The number of fused-ring (bicyclic) bond motifs is 1. The van der Waals surface area contributed by atoms with E-state index < -0.39 is 11.8 Å². The molecule has 0 aliphatic heterocycles. The first-order valence-electron chi connectivity index (χ1n) is 7.27. The Bertz CT molecular complexity index is 935. The monoisotopic (exact) mass is 383 g/mol. The van der Waals surface area contributed by atoms with Crippen LogP contribution in [0.1, 0.15) is 5.56 Å². The van der Waals surface area contributed by atoms with Crippen molar-refractivity contribution in [1.29, 1.82) is 0 Å². The molecule has 24 heavy (non-hydrogen) atoms. The fourth-order valence-electron chi connectivity index (χ4n) is 2.28. The van der Waals surface area contributed by atoms with E-state index in [1.165, 1.54) is 0 Å². The van der Waals surface area contributed by atoms with E-state index in [9.17, 15) is 9.59 Å². The second-order valence-corrected chi connectivity index (χ2v) is 6.13. The number of carbonyl (C=O) groups excluding carboxylic acids is 2. The van der Waals surface area contributed by atoms with E-state index in [1.807, 2.05) is 37.3 Å². The lowest BCUT2D eigenvalue weighted by atomic mass is 10.2. The molecule has 0 unspecified atom stereocenters. The van der Waals surface area contributed by atoms with Crippen LogP contribution in [0.15, 0.2) is 59.2 Å². The summed E-state index contributed by atoms with van der Waals surface area (Å²) in [4.78, 5) is 28.5. The highest BCUT2D eigenvalue weighted by atomic mass is 79.9. The minimum atomic E-state index is -0.749. The Hall–Kier alpha value is -2.73. The van der Waals surface area contributed by atoms with Crippen molar-refractivity contribution < 1.29 is 9.59 Å². The lowest BCUT2D eigenvalue weighted by Crippen LogP contribution is -2.29. The molecular formula is C18H14BrN3O2. The zero-order valence-electron chi connectivity index (χ0n) is 12.8. The number of nitrogens with one attached hydrogen (secondary N) is 2. The number of hydrogen-bond donors (Lipinski definition) is 2. The average molecular weight is 384 g/mol. The van der Waals surface area contributed by atoms with Crippen LogP contribution >= 0.6 is 15.9 Å². The van der Waals surface area contributed by atoms with Crippen molar-refractivity contribution in [2.24, 2.45) is 0 Å². The van der Waals surface area contributed by atoms with Gasteiger partial charge in [0.1, 0.15) is 0 Å². The molecule has 3 rings (SSSR count). The van der Waals surface area contributed by atoms with Crippen LogP contribution in [0, 0.1) is 6.92 Å². The van der Waals surface area contributed by atoms with Crippen molar-refractivity contribution in [3.05, 3.63) is 64.8 Å². The van der Waals surface area contributed by atoms with Crippen LogP contribution in [0.2, 0.25) is 0 Å². The van der Waals surface area contributed by atoms with Gasteiger partial charge < -0.3 is 10.6 Å². The third-order valence-electron chi connectivity index (χ3n) is 3.46. The molecule has 0 fully saturated rings. The van der Waals surface area contributed by atoms with Gasteiger partial charge in [-0.3, -0.25) is 14.6 Å². The van der Waals surface area contributed by atoms with Gasteiger partial charge in [0.2, 0.25) is 0 Å². The minimum Gasteiger partial charge on any atom is -0.317 e. The molecule has 0 atom stereocenters. The highest BCUT2D eigenvalue weighted by Gasteiger charge is 2.16. The number of aromatic nitrogens is 1. The van der Waals surface area contributed by atoms with E-state index in [4.69, 9.17) is 0 Å². The molecule has 0 spiro atoms. The highest BCUT2D eigenvalue weighted by molar-refractivity contribution is 9.10. The summed E-state index contributed by atoms with van der Waals surface area (Å²) in [6, 6.07) is 14.6. The first-order valence-corrected chi connectivity index (χ1v) is 8.06. The number of nitrogens with zero attached hydrogens (tertiary/aromatic N) is 1. The third-order valence-corrected chi connectivity index (χ3v) is 4.12. The number of amides is 2. The third kappa shape index (κ3) is 3.44. The molecule has 3 aromatic rings. The number of rotatable bonds is 2. The van der Waals surface area contributed by atoms with Gasteiger partial charge in [-0.05, 0) is 52.7 Å². The molecule has 2 aromatic carbocycles. The molecular weight excluding hydrogens is 370 g/mol. The van der Waals surface area contributed by atoms with Crippen LogP contribution in [0.5, 0.6) is 0 Å². The van der Waals surface area contributed by atoms with Gasteiger partial charge >= 0.3 is 11.8 Å². The van der Waals surface area contributed by atoms with E-state index in [2.05, 4.69) is 31.5 Å². The maximum atomic E-state index is 12.2. The van der Waals surface area contributed by atoms with Gasteiger partial charge in [0.25, 0.3) is 0 Å². The van der Waals surface area contributed by atoms with Crippen molar-refractivity contribution in [2.75, 3.05) is 10.6 Å². The summed E-state index contributed by atoms with van der Waals surface area (Å²) in [5, 5.41) is 6.08. The van der Waals surface area contributed by atoms with Gasteiger partial charge in [0.15, 0.2) is 0 Å². The summed E-state index contributed by atoms with van der Waals surface area (Å²) in [6.07, 6.45) is 1.64. The van der Waals surface area contributed by atoms with Crippen molar-refractivity contribution in [2.45, 2.75) is 6.92 Å². The first kappa shape index (κ1) is 16.1. The molecule has 6 heteroatoms. The molecule has 5 nitrogen and oxygen atoms in total. The van der Waals surface area contributed by atoms with Gasteiger partial charge in [0, 0.05) is 16.1 Å². The Morgan fingerprint density at radius 3 is 2.42 bits per heavy atom. The van der Waals surface area contributed by atoms with E-state index in [-0.39, 0.29) is 0 Å². The van der Waals surface area contributed by atoms with Crippen LogP contribution < -0.4 is 10.6 Å². The lowest BCUT2D eigenvalue weighted by Gasteiger charge is -2.10. The average Bonchev–Trinajstić information content (AvgIpc) is 2.57. The van der Waals surface area contributed by atoms with Crippen LogP contribution in [0.25, 0.3) is 10.9 Å². The Morgan fingerprint density at radius 1 is 0.958 bits per heavy atom. The molecule has 0 saturated carbocycles. The number of hydrogen-bond acceptors (Lipinski definition) is 3. The van der Waals surface area contributed by atoms with E-state index in [0.717, 1.165) is 15.4 Å². The van der Waals surface area contributed by atoms with Crippen molar-refractivity contribution in [3.8, 4) is 0 Å². The summed E-state index contributed by atoms with van der Waals surface area (Å²) in [5.41, 5.74) is 2.72. The number of aryl methyl sites for hydroxylation is 1. The van der Waals surface area contributed by atoms with E-state index in [1.54, 1.807) is 24.4 Å². The summed E-state index contributed by atoms with van der Waals surface area (Å²) in [6.45, 7) is 1.94. The largest absolute Gasteiger partial charge is 0.317 e. The second kappa shape index (κ2) is 6.80. The molecule has 1 aromatic heterocycles. The highest BCUT2D eigenvalue weighted by Crippen LogP contribution is 2.24. The van der Waals surface area contributed by atoms with Crippen LogP contribution in [-0.4, -0.2) is 16.8 Å². The molecule has 0 bridgehead atoms. The number of benzene rings is 2. The Kier molecular flexibility index (Phi) is 4.57. The number of halogens is 1. The standard InChI is InChI=1S/C18H14BrN3O2/c1-11-7-8-14(13(19)10-11)21-17(23)18(24)22-15-6-2-4-12-5-3-9-20-16(12)15/h2-10H,1H3,(H,21,23)(H,22,24). The Labute approximate surface area is 147 Å². The maximum Gasteiger partial charge on any atom is 0.314 e. The van der Waals surface area contributed by atoms with E-state index in [0.29, 0.717) is 16.9 Å². The fourth-order valence-corrected chi connectivity index (χ4v) is 2.88. The summed E-state index contributed by atoms with van der Waals surface area (Å²) in [5.74, 6) is -1.49. The van der Waals surface area contributed by atoms with Crippen molar-refractivity contribution in [3.63, 3.8) is 0 Å². The lowest BCUT2D eigenvalue weighted by molar-refractivity contribution is -0.132. The summed E-state index contributed by atoms with van der Waals surface area (Å²) < 4.78 is 0.718. The Balaban J connectivity index is 1.77. The maximum absolute atomic E-state index is 12.2. The number of pyridine rings is 1. The molecule has 2 amide bonds. The quantitative estimate of drug-likeness (QED) is 0.659. The number of para-hydroxylation sites is 1. The first-order chi connectivity index (χ1) is 11.5. The predicted molar refractivity (Wildman–Crippen MR) is 97.9 cm³/mol. The smallest absolute Gasteiger partial charge is 0.314 e. The summed E-state index contributed by atoms with van der Waals surface area (Å²) >= 11 is 3.37. The molecule has 0 aliphatic carbocycles. The van der Waals surface area contributed by atoms with Gasteiger partial charge in [0.05, 0.1) is 16.9 Å². The topological polar surface area (TPSA) is 71.1 Å². The van der Waals surface area contributed by atoms with Crippen molar-refractivity contribution >= 4 is 50.0 Å². The van der Waals surface area contributed by atoms with Crippen LogP contribution in [-0.2, 0) is 9.59 Å². The minimum absolute atomic E-state index is 0.497. The molecule has 0 aliphatic rings. The van der Waals surface area contributed by atoms with Gasteiger partial charge in [-0.2, -0.15) is 0 Å². The molecule has 0 saturated heterocycles. The number of carbonyl (C=O) groups is 2. The molecule has 1 heterocycles. The zero-order chi connectivity index (χ0) is 17.1. The van der Waals surface area contributed by atoms with Crippen molar-refractivity contribution in [1.82, 2.24) is 4.98 Å². The fraction of sp³-hybridized carbons (Fsp3) is 0.0556. The van der Waals surface area contributed by atoms with Crippen LogP contribution in [0.3, 0.4) is 0 Å². The van der Waals surface area contributed by atoms with E-state index >= 15 is 0 Å². The normalized spacial score (nSPS) is 10.4. The molecule has 120 valence electrons. The van der Waals surface area contributed by atoms with Gasteiger partial charge in [-0.25, -0.2) is 0 Å². The SMILES string of the molecule is Cc1ccc(NC(=O)C(=O)Nc2cccc3cccnc23)c(Br)c1. The van der Waals surface area contributed by atoms with Crippen LogP contribution in [0.4, 0.5) is 11.4 Å². The van der Waals surface area contributed by atoms with Gasteiger partial charge in [-0.15, -0.1) is 0 Å². The predicted octanol–water partition coefficient (Wildman–Crippen LogP) is 3.88. The summed E-state index contributed by atoms with van der Waals surface area (Å²) in [7, 11) is 0. The number of anilines is 2. The zero-order valence-corrected chi connectivity index (χ0v) is 14.4.